The van der Waals surface area contributed by atoms with E-state index in [1.54, 1.807) is 0 Å². The summed E-state index contributed by atoms with van der Waals surface area (Å²) in [6.07, 6.45) is 30.7. The molecule has 0 atom stereocenters. The van der Waals surface area contributed by atoms with Gasteiger partial charge < -0.3 is 0 Å². The normalized spacial score (nSPS) is 35.0. The van der Waals surface area contributed by atoms with E-state index in [-0.39, 0.29) is 5.41 Å². The van der Waals surface area contributed by atoms with E-state index in [2.05, 4.69) is 19.9 Å². The number of nitrogens with zero attached hydrogens (tertiary/aromatic N) is 1. The van der Waals surface area contributed by atoms with Crippen LogP contribution in [0, 0.1) is 39.9 Å². The molecule has 0 heterocycles. The maximum absolute atomic E-state index is 10.4. The zero-order valence-corrected chi connectivity index (χ0v) is 21.2. The van der Waals surface area contributed by atoms with Gasteiger partial charge in [0.1, 0.15) is 0 Å². The summed E-state index contributed by atoms with van der Waals surface area (Å²) >= 11 is 0. The molecule has 0 aromatic heterocycles. The van der Waals surface area contributed by atoms with Crippen molar-refractivity contribution in [1.29, 1.82) is 5.26 Å². The van der Waals surface area contributed by atoms with Crippen LogP contribution in [0.2, 0.25) is 0 Å². The van der Waals surface area contributed by atoms with Crippen LogP contribution in [0.25, 0.3) is 0 Å². The molecule has 0 amide bonds. The van der Waals surface area contributed by atoms with Gasteiger partial charge in [0.05, 0.1) is 11.5 Å². The van der Waals surface area contributed by atoms with Gasteiger partial charge in [-0.05, 0) is 81.0 Å². The zero-order valence-electron chi connectivity index (χ0n) is 21.2. The van der Waals surface area contributed by atoms with Gasteiger partial charge in [-0.2, -0.15) is 5.26 Å². The molecule has 178 valence electrons. The highest BCUT2D eigenvalue weighted by Crippen LogP contribution is 2.59. The Morgan fingerprint density at radius 2 is 1.32 bits per heavy atom. The van der Waals surface area contributed by atoms with Crippen LogP contribution in [0.4, 0.5) is 0 Å². The van der Waals surface area contributed by atoms with Crippen molar-refractivity contribution in [2.75, 3.05) is 0 Å². The minimum Gasteiger partial charge on any atom is -0.198 e. The Morgan fingerprint density at radius 3 is 1.94 bits per heavy atom. The summed E-state index contributed by atoms with van der Waals surface area (Å²) in [5.41, 5.74) is 0.614. The van der Waals surface area contributed by atoms with Gasteiger partial charge in [-0.1, -0.05) is 97.3 Å². The Morgan fingerprint density at radius 1 is 0.677 bits per heavy atom. The van der Waals surface area contributed by atoms with Gasteiger partial charge in [-0.15, -0.1) is 0 Å². The first-order valence-electron chi connectivity index (χ1n) is 14.6. The maximum atomic E-state index is 10.4. The minimum absolute atomic E-state index is 0.0239. The average molecular weight is 428 g/mol. The van der Waals surface area contributed by atoms with Gasteiger partial charge in [0.2, 0.25) is 0 Å². The average Bonchev–Trinajstić information content (AvgIpc) is 2.83. The number of hydrogen-bond donors (Lipinski definition) is 0. The lowest BCUT2D eigenvalue weighted by Gasteiger charge is -2.52. The Kier molecular flexibility index (Phi) is 10.3. The Balaban J connectivity index is 1.55. The number of unbranched alkanes of at least 4 members (excludes halogenated alkanes) is 5. The van der Waals surface area contributed by atoms with Gasteiger partial charge in [0, 0.05) is 0 Å². The molecule has 0 radical (unpaired) electrons. The molecule has 0 unspecified atom stereocenters. The molecular formula is C30H53N. The summed E-state index contributed by atoms with van der Waals surface area (Å²) in [7, 11) is 0. The van der Waals surface area contributed by atoms with Crippen molar-refractivity contribution in [3.8, 4) is 6.07 Å². The van der Waals surface area contributed by atoms with Crippen molar-refractivity contribution in [3.63, 3.8) is 0 Å². The molecule has 3 saturated carbocycles. The van der Waals surface area contributed by atoms with Crippen molar-refractivity contribution < 1.29 is 0 Å². The second kappa shape index (κ2) is 12.7. The third-order valence-electron chi connectivity index (χ3n) is 10.2. The molecule has 3 aliphatic rings. The fourth-order valence-corrected chi connectivity index (χ4v) is 7.97. The molecule has 0 spiro atoms. The lowest BCUT2D eigenvalue weighted by Crippen LogP contribution is -2.43. The smallest absolute Gasteiger partial charge is 0.0692 e. The van der Waals surface area contributed by atoms with Crippen molar-refractivity contribution in [1.82, 2.24) is 0 Å². The standard InChI is InChI=1S/C30H53N/c1-3-5-7-9-13-26-16-18-28(19-17-26)30(25-31)23-21-29(22-24-30,20-12-6-4-2)27-14-10-8-11-15-27/h26-28H,3-24H2,1-2H3. The molecule has 3 aliphatic carbocycles. The summed E-state index contributed by atoms with van der Waals surface area (Å²) < 4.78 is 0. The van der Waals surface area contributed by atoms with Crippen LogP contribution in [0.5, 0.6) is 0 Å². The molecule has 0 aromatic rings. The van der Waals surface area contributed by atoms with E-state index >= 15 is 0 Å². The van der Waals surface area contributed by atoms with Crippen LogP contribution in [0.15, 0.2) is 0 Å². The van der Waals surface area contributed by atoms with Crippen molar-refractivity contribution in [3.05, 3.63) is 0 Å². The minimum atomic E-state index is 0.0239. The van der Waals surface area contributed by atoms with Gasteiger partial charge >= 0.3 is 0 Å². The molecule has 3 fully saturated rings. The second-order valence-corrected chi connectivity index (χ2v) is 12.0. The third kappa shape index (κ3) is 6.51. The molecule has 0 aliphatic heterocycles. The summed E-state index contributed by atoms with van der Waals surface area (Å²) in [6, 6.07) is 2.97. The quantitative estimate of drug-likeness (QED) is 0.301. The maximum Gasteiger partial charge on any atom is 0.0692 e. The highest BCUT2D eigenvalue weighted by molar-refractivity contribution is 5.09. The van der Waals surface area contributed by atoms with Gasteiger partial charge in [-0.25, -0.2) is 0 Å². The van der Waals surface area contributed by atoms with E-state index in [1.807, 2.05) is 0 Å². The van der Waals surface area contributed by atoms with Crippen LogP contribution in [0.1, 0.15) is 155 Å². The van der Waals surface area contributed by atoms with E-state index < -0.39 is 0 Å². The first kappa shape index (κ1) is 25.1. The molecule has 0 bridgehead atoms. The van der Waals surface area contributed by atoms with Crippen molar-refractivity contribution in [2.24, 2.45) is 28.6 Å². The molecule has 0 N–H and O–H groups in total. The predicted molar refractivity (Wildman–Crippen MR) is 134 cm³/mol. The molecule has 0 saturated heterocycles. The van der Waals surface area contributed by atoms with Crippen LogP contribution in [0.3, 0.4) is 0 Å². The highest BCUT2D eigenvalue weighted by Gasteiger charge is 2.49. The Hall–Kier alpha value is -0.510. The third-order valence-corrected chi connectivity index (χ3v) is 10.2. The fourth-order valence-electron chi connectivity index (χ4n) is 7.97. The Labute approximate surface area is 195 Å². The summed E-state index contributed by atoms with van der Waals surface area (Å²) in [5.74, 6) is 2.63. The van der Waals surface area contributed by atoms with E-state index in [4.69, 9.17) is 0 Å². The Bertz CT molecular complexity index is 521. The summed E-state index contributed by atoms with van der Waals surface area (Å²) in [6.45, 7) is 4.65. The summed E-state index contributed by atoms with van der Waals surface area (Å²) in [4.78, 5) is 0. The van der Waals surface area contributed by atoms with E-state index in [0.717, 1.165) is 11.8 Å². The zero-order chi connectivity index (χ0) is 22.0. The van der Waals surface area contributed by atoms with Crippen LogP contribution < -0.4 is 0 Å². The molecule has 31 heavy (non-hydrogen) atoms. The lowest BCUT2D eigenvalue weighted by atomic mass is 9.52. The van der Waals surface area contributed by atoms with Crippen LogP contribution in [-0.4, -0.2) is 0 Å². The molecule has 3 rings (SSSR count). The van der Waals surface area contributed by atoms with E-state index in [1.165, 1.54) is 141 Å². The number of hydrogen-bond acceptors (Lipinski definition) is 1. The van der Waals surface area contributed by atoms with Crippen LogP contribution in [-0.2, 0) is 0 Å². The first-order valence-corrected chi connectivity index (χ1v) is 14.6. The first-order chi connectivity index (χ1) is 15.2. The van der Waals surface area contributed by atoms with E-state index in [9.17, 15) is 5.26 Å². The monoisotopic (exact) mass is 427 g/mol. The van der Waals surface area contributed by atoms with E-state index in [0.29, 0.717) is 11.3 Å². The van der Waals surface area contributed by atoms with Gasteiger partial charge in [0.25, 0.3) is 0 Å². The molecule has 0 aromatic carbocycles. The molecule has 1 heteroatoms. The van der Waals surface area contributed by atoms with Gasteiger partial charge in [0.15, 0.2) is 0 Å². The SMILES string of the molecule is CCCCCCC1CCC(C2(C#N)CCC(CCCCC)(C3CCCCC3)CC2)CC1. The number of rotatable bonds is 11. The van der Waals surface area contributed by atoms with Gasteiger partial charge in [-0.3, -0.25) is 0 Å². The largest absolute Gasteiger partial charge is 0.198 e. The highest BCUT2D eigenvalue weighted by atomic mass is 14.5. The molecular weight excluding hydrogens is 374 g/mol. The lowest BCUT2D eigenvalue weighted by molar-refractivity contribution is -0.00800. The predicted octanol–water partition coefficient (Wildman–Crippen LogP) is 9.99. The van der Waals surface area contributed by atoms with Crippen molar-refractivity contribution >= 4 is 0 Å². The van der Waals surface area contributed by atoms with Crippen LogP contribution >= 0.6 is 0 Å². The summed E-state index contributed by atoms with van der Waals surface area (Å²) in [5, 5.41) is 10.4. The fraction of sp³-hybridized carbons (Fsp3) is 0.967. The number of nitriles is 1. The van der Waals surface area contributed by atoms with Crippen molar-refractivity contribution in [2.45, 2.75) is 155 Å². The topological polar surface area (TPSA) is 23.8 Å². The molecule has 1 nitrogen and oxygen atoms in total. The second-order valence-electron chi connectivity index (χ2n) is 12.0.